The van der Waals surface area contributed by atoms with Crippen molar-refractivity contribution in [3.8, 4) is 5.75 Å². The zero-order valence-electron chi connectivity index (χ0n) is 11.5. The summed E-state index contributed by atoms with van der Waals surface area (Å²) in [6.07, 6.45) is 2.99. The molecule has 0 unspecified atom stereocenters. The van der Waals surface area contributed by atoms with E-state index in [0.717, 1.165) is 19.1 Å². The average molecular weight is 287 g/mol. The van der Waals surface area contributed by atoms with Gasteiger partial charge in [-0.3, -0.25) is 9.59 Å². The molecule has 0 spiro atoms. The molecule has 21 heavy (non-hydrogen) atoms. The summed E-state index contributed by atoms with van der Waals surface area (Å²) < 4.78 is 5.00. The van der Waals surface area contributed by atoms with Crippen molar-refractivity contribution in [1.29, 1.82) is 0 Å². The average Bonchev–Trinajstić information content (AvgIpc) is 2.49. The number of benzene rings is 1. The molecule has 2 N–H and O–H groups in total. The van der Waals surface area contributed by atoms with Crippen molar-refractivity contribution in [3.05, 3.63) is 64.2 Å². The fraction of sp³-hybridized carbons (Fsp3) is 0.250. The second kappa shape index (κ2) is 7.28. The first-order valence-electron chi connectivity index (χ1n) is 6.76. The largest absolute Gasteiger partial charge is 0.502 e. The van der Waals surface area contributed by atoms with Gasteiger partial charge in [0.15, 0.2) is 5.75 Å². The number of carbonyl (C=O) groups is 1. The Morgan fingerprint density at radius 2 is 2.00 bits per heavy atom. The Balaban J connectivity index is 1.72. The maximum atomic E-state index is 11.7. The van der Waals surface area contributed by atoms with E-state index >= 15 is 0 Å². The molecular weight excluding hydrogens is 270 g/mol. The number of carbonyl (C=O) groups excluding carboxylic acids is 1. The Morgan fingerprint density at radius 1 is 1.24 bits per heavy atom. The Labute approximate surface area is 122 Å². The molecule has 0 aliphatic rings. The van der Waals surface area contributed by atoms with Crippen molar-refractivity contribution in [3.63, 3.8) is 0 Å². The van der Waals surface area contributed by atoms with Crippen LogP contribution in [-0.4, -0.2) is 11.0 Å². The lowest BCUT2D eigenvalue weighted by Gasteiger charge is -2.05. The molecule has 0 aliphatic carbocycles. The molecule has 0 bridgehead atoms. The monoisotopic (exact) mass is 287 g/mol. The number of amides is 1. The lowest BCUT2D eigenvalue weighted by atomic mass is 10.1. The highest BCUT2D eigenvalue weighted by molar-refractivity contribution is 5.75. The normalized spacial score (nSPS) is 10.3. The van der Waals surface area contributed by atoms with E-state index in [1.54, 1.807) is 0 Å². The van der Waals surface area contributed by atoms with Gasteiger partial charge in [0.1, 0.15) is 12.0 Å². The van der Waals surface area contributed by atoms with Crippen LogP contribution in [0.2, 0.25) is 0 Å². The van der Waals surface area contributed by atoms with Gasteiger partial charge in [-0.1, -0.05) is 30.3 Å². The van der Waals surface area contributed by atoms with E-state index in [0.29, 0.717) is 12.2 Å². The summed E-state index contributed by atoms with van der Waals surface area (Å²) in [7, 11) is 0. The summed E-state index contributed by atoms with van der Waals surface area (Å²) in [5.41, 5.74) is 0.685. The van der Waals surface area contributed by atoms with Crippen LogP contribution in [0.4, 0.5) is 0 Å². The molecule has 1 heterocycles. The molecule has 1 aromatic carbocycles. The Morgan fingerprint density at radius 3 is 2.71 bits per heavy atom. The number of hydrogen-bond acceptors (Lipinski definition) is 4. The molecule has 1 amide bonds. The second-order valence-electron chi connectivity index (χ2n) is 4.71. The third-order valence-corrected chi connectivity index (χ3v) is 3.04. The molecule has 0 radical (unpaired) electrons. The van der Waals surface area contributed by atoms with Gasteiger partial charge in [-0.25, -0.2) is 0 Å². The molecule has 110 valence electrons. The number of hydrogen-bond donors (Lipinski definition) is 2. The van der Waals surface area contributed by atoms with E-state index in [2.05, 4.69) is 5.32 Å². The minimum Gasteiger partial charge on any atom is -0.502 e. The van der Waals surface area contributed by atoms with Crippen LogP contribution in [0.1, 0.15) is 24.2 Å². The maximum absolute atomic E-state index is 11.7. The third-order valence-electron chi connectivity index (χ3n) is 3.04. The molecule has 0 saturated heterocycles. The smallest absolute Gasteiger partial charge is 0.226 e. The van der Waals surface area contributed by atoms with E-state index < -0.39 is 11.2 Å². The van der Waals surface area contributed by atoms with Crippen molar-refractivity contribution >= 4 is 5.91 Å². The molecule has 0 aliphatic heterocycles. The van der Waals surface area contributed by atoms with Gasteiger partial charge in [0, 0.05) is 12.5 Å². The summed E-state index contributed by atoms with van der Waals surface area (Å²) in [5.74, 6) is -0.219. The van der Waals surface area contributed by atoms with Gasteiger partial charge >= 0.3 is 0 Å². The predicted molar refractivity (Wildman–Crippen MR) is 77.9 cm³/mol. The van der Waals surface area contributed by atoms with Crippen LogP contribution >= 0.6 is 0 Å². The van der Waals surface area contributed by atoms with E-state index in [1.807, 2.05) is 30.3 Å². The summed E-state index contributed by atoms with van der Waals surface area (Å²) in [6, 6.07) is 11.1. The molecule has 0 saturated carbocycles. The summed E-state index contributed by atoms with van der Waals surface area (Å²) in [4.78, 5) is 22.9. The van der Waals surface area contributed by atoms with Gasteiger partial charge < -0.3 is 14.8 Å². The predicted octanol–water partition coefficient (Wildman–Crippen LogP) is 1.98. The molecule has 1 aromatic heterocycles. The zero-order chi connectivity index (χ0) is 15.1. The molecule has 2 rings (SSSR count). The molecule has 0 atom stereocenters. The van der Waals surface area contributed by atoms with Crippen LogP contribution in [0.5, 0.6) is 5.75 Å². The second-order valence-corrected chi connectivity index (χ2v) is 4.71. The highest BCUT2D eigenvalue weighted by Gasteiger charge is 2.05. The summed E-state index contributed by atoms with van der Waals surface area (Å²) in [6.45, 7) is 0.139. The van der Waals surface area contributed by atoms with Crippen LogP contribution in [0, 0.1) is 0 Å². The van der Waals surface area contributed by atoms with Gasteiger partial charge in [0.05, 0.1) is 6.54 Å². The highest BCUT2D eigenvalue weighted by atomic mass is 16.4. The van der Waals surface area contributed by atoms with Gasteiger partial charge in [-0.2, -0.15) is 0 Å². The Hall–Kier alpha value is -2.56. The molecule has 5 heteroatoms. The van der Waals surface area contributed by atoms with Crippen LogP contribution in [0.25, 0.3) is 0 Å². The van der Waals surface area contributed by atoms with Crippen LogP contribution < -0.4 is 10.7 Å². The minimum absolute atomic E-state index is 0.0957. The Bertz CT molecular complexity index is 649. The maximum Gasteiger partial charge on any atom is 0.226 e. The highest BCUT2D eigenvalue weighted by Crippen LogP contribution is 2.05. The Kier molecular flexibility index (Phi) is 5.15. The van der Waals surface area contributed by atoms with Crippen LogP contribution in [-0.2, 0) is 17.8 Å². The van der Waals surface area contributed by atoms with E-state index in [4.69, 9.17) is 9.52 Å². The first kappa shape index (κ1) is 14.8. The summed E-state index contributed by atoms with van der Waals surface area (Å²) in [5, 5.41) is 11.7. The minimum atomic E-state index is -0.519. The van der Waals surface area contributed by atoms with Crippen molar-refractivity contribution < 1.29 is 14.3 Å². The topological polar surface area (TPSA) is 79.5 Å². The van der Waals surface area contributed by atoms with Crippen molar-refractivity contribution in [1.82, 2.24) is 5.32 Å². The number of aryl methyl sites for hydroxylation is 1. The van der Waals surface area contributed by atoms with Crippen molar-refractivity contribution in [2.45, 2.75) is 25.8 Å². The van der Waals surface area contributed by atoms with Gasteiger partial charge in [0.2, 0.25) is 11.3 Å². The molecule has 0 fully saturated rings. The SMILES string of the molecule is O=C(CCCc1ccccc1)NCc1cc(=O)c(O)co1. The fourth-order valence-electron chi connectivity index (χ4n) is 1.91. The standard InChI is InChI=1S/C16H17NO4/c18-14-9-13(21-11-15(14)19)10-17-16(20)8-4-7-12-5-2-1-3-6-12/h1-3,5-6,9,11,19H,4,7-8,10H2,(H,17,20). The van der Waals surface area contributed by atoms with E-state index in [1.165, 1.54) is 11.6 Å². The first-order valence-corrected chi connectivity index (χ1v) is 6.76. The third kappa shape index (κ3) is 4.80. The van der Waals surface area contributed by atoms with Crippen molar-refractivity contribution in [2.75, 3.05) is 0 Å². The van der Waals surface area contributed by atoms with E-state index in [9.17, 15) is 9.59 Å². The van der Waals surface area contributed by atoms with Gasteiger partial charge in [-0.05, 0) is 18.4 Å². The quantitative estimate of drug-likeness (QED) is 0.851. The van der Waals surface area contributed by atoms with Crippen LogP contribution in [0.15, 0.2) is 51.9 Å². The summed E-state index contributed by atoms with van der Waals surface area (Å²) >= 11 is 0. The van der Waals surface area contributed by atoms with Crippen LogP contribution in [0.3, 0.4) is 0 Å². The molecular formula is C16H17NO4. The number of aromatic hydroxyl groups is 1. The number of nitrogens with one attached hydrogen (secondary N) is 1. The lowest BCUT2D eigenvalue weighted by Crippen LogP contribution is -2.23. The lowest BCUT2D eigenvalue weighted by molar-refractivity contribution is -0.121. The van der Waals surface area contributed by atoms with E-state index in [-0.39, 0.29) is 12.5 Å². The van der Waals surface area contributed by atoms with Crippen molar-refractivity contribution in [2.24, 2.45) is 0 Å². The zero-order valence-corrected chi connectivity index (χ0v) is 11.5. The fourth-order valence-corrected chi connectivity index (χ4v) is 1.91. The van der Waals surface area contributed by atoms with Gasteiger partial charge in [-0.15, -0.1) is 0 Å². The molecule has 2 aromatic rings. The number of rotatable bonds is 6. The van der Waals surface area contributed by atoms with Gasteiger partial charge in [0.25, 0.3) is 0 Å². The first-order chi connectivity index (χ1) is 10.1. The molecule has 5 nitrogen and oxygen atoms in total.